The number of pyridine rings is 1. The quantitative estimate of drug-likeness (QED) is 0.762. The summed E-state index contributed by atoms with van der Waals surface area (Å²) in [7, 11) is 1.83. The monoisotopic (exact) mass is 253 g/mol. The number of aryl methyl sites for hydroxylation is 2. The van der Waals surface area contributed by atoms with E-state index >= 15 is 0 Å². The van der Waals surface area contributed by atoms with Gasteiger partial charge in [0.15, 0.2) is 0 Å². The number of para-hydroxylation sites is 1. The van der Waals surface area contributed by atoms with E-state index in [4.69, 9.17) is 0 Å². The first kappa shape index (κ1) is 11.9. The number of nitrogens with zero attached hydrogens (tertiary/aromatic N) is 3. The van der Waals surface area contributed by atoms with Crippen molar-refractivity contribution in [1.82, 2.24) is 14.8 Å². The minimum absolute atomic E-state index is 0.615. The molecular formula is C15H15N3O. The molecule has 0 radical (unpaired) electrons. The first-order chi connectivity index (χ1) is 9.15. The average molecular weight is 253 g/mol. The molecule has 4 nitrogen and oxygen atoms in total. The van der Waals surface area contributed by atoms with Crippen LogP contribution in [0.2, 0.25) is 0 Å². The molecule has 4 heteroatoms. The highest BCUT2D eigenvalue weighted by molar-refractivity contribution is 5.82. The number of benzene rings is 1. The lowest BCUT2D eigenvalue weighted by Gasteiger charge is -2.10. The molecule has 0 aliphatic carbocycles. The van der Waals surface area contributed by atoms with Crippen molar-refractivity contribution in [2.24, 2.45) is 7.05 Å². The van der Waals surface area contributed by atoms with Crippen molar-refractivity contribution in [3.8, 4) is 0 Å². The van der Waals surface area contributed by atoms with Crippen molar-refractivity contribution in [2.75, 3.05) is 0 Å². The molecule has 0 saturated heterocycles. The lowest BCUT2D eigenvalue weighted by Crippen LogP contribution is -2.05. The van der Waals surface area contributed by atoms with Crippen LogP contribution in [0.25, 0.3) is 10.9 Å². The summed E-state index contributed by atoms with van der Waals surface area (Å²) in [5.74, 6) is 0. The summed E-state index contributed by atoms with van der Waals surface area (Å²) in [6, 6.07) is 11.7. The molecule has 0 fully saturated rings. The van der Waals surface area contributed by atoms with E-state index < -0.39 is 6.10 Å². The highest BCUT2D eigenvalue weighted by Crippen LogP contribution is 2.24. The Morgan fingerprint density at radius 2 is 1.95 bits per heavy atom. The number of aliphatic hydroxyl groups is 1. The normalized spacial score (nSPS) is 12.8. The highest BCUT2D eigenvalue weighted by atomic mass is 16.3. The number of hydrogen-bond donors (Lipinski definition) is 1. The summed E-state index contributed by atoms with van der Waals surface area (Å²) in [6.45, 7) is 2.03. The summed E-state index contributed by atoms with van der Waals surface area (Å²) >= 11 is 0. The highest BCUT2D eigenvalue weighted by Gasteiger charge is 2.16. The minimum Gasteiger partial charge on any atom is -0.380 e. The van der Waals surface area contributed by atoms with Gasteiger partial charge < -0.3 is 5.11 Å². The van der Waals surface area contributed by atoms with Gasteiger partial charge in [-0.15, -0.1) is 0 Å². The van der Waals surface area contributed by atoms with Crippen LogP contribution < -0.4 is 0 Å². The Labute approximate surface area is 111 Å². The van der Waals surface area contributed by atoms with Crippen LogP contribution in [0, 0.1) is 6.92 Å². The Hall–Kier alpha value is -2.20. The first-order valence-corrected chi connectivity index (χ1v) is 6.19. The van der Waals surface area contributed by atoms with E-state index in [0.29, 0.717) is 11.4 Å². The smallest absolute Gasteiger partial charge is 0.140 e. The van der Waals surface area contributed by atoms with Gasteiger partial charge >= 0.3 is 0 Å². The Morgan fingerprint density at radius 3 is 2.68 bits per heavy atom. The third kappa shape index (κ3) is 2.11. The van der Waals surface area contributed by atoms with Gasteiger partial charge in [-0.05, 0) is 30.7 Å². The zero-order valence-electron chi connectivity index (χ0n) is 10.9. The SMILES string of the molecule is Cc1cc(C(O)c2ccn(C)n2)nc2ccccc12. The van der Waals surface area contributed by atoms with Crippen molar-refractivity contribution in [1.29, 1.82) is 0 Å². The zero-order chi connectivity index (χ0) is 13.4. The summed E-state index contributed by atoms with van der Waals surface area (Å²) in [5, 5.41) is 15.7. The summed E-state index contributed by atoms with van der Waals surface area (Å²) < 4.78 is 1.67. The van der Waals surface area contributed by atoms with Gasteiger partial charge in [0, 0.05) is 18.6 Å². The maximum absolute atomic E-state index is 10.4. The van der Waals surface area contributed by atoms with E-state index in [1.165, 1.54) is 0 Å². The van der Waals surface area contributed by atoms with Crippen molar-refractivity contribution in [3.05, 3.63) is 59.5 Å². The molecule has 1 atom stereocenters. The van der Waals surface area contributed by atoms with Gasteiger partial charge in [-0.2, -0.15) is 5.10 Å². The first-order valence-electron chi connectivity index (χ1n) is 6.19. The van der Waals surface area contributed by atoms with Crippen molar-refractivity contribution < 1.29 is 5.11 Å². The maximum atomic E-state index is 10.4. The Balaban J connectivity index is 2.10. The second kappa shape index (κ2) is 4.48. The second-order valence-electron chi connectivity index (χ2n) is 4.70. The average Bonchev–Trinajstić information content (AvgIpc) is 2.84. The van der Waals surface area contributed by atoms with Crippen LogP contribution in [0.3, 0.4) is 0 Å². The number of fused-ring (bicyclic) bond motifs is 1. The largest absolute Gasteiger partial charge is 0.380 e. The van der Waals surface area contributed by atoms with Crippen LogP contribution in [0.15, 0.2) is 42.6 Å². The van der Waals surface area contributed by atoms with E-state index in [-0.39, 0.29) is 0 Å². The number of hydrogen-bond acceptors (Lipinski definition) is 3. The number of rotatable bonds is 2. The summed E-state index contributed by atoms with van der Waals surface area (Å²) in [5.41, 5.74) is 3.25. The molecule has 3 rings (SSSR count). The predicted octanol–water partition coefficient (Wildman–Crippen LogP) is 2.36. The molecule has 2 heterocycles. The minimum atomic E-state index is -0.787. The van der Waals surface area contributed by atoms with Crippen LogP contribution in [-0.2, 0) is 7.05 Å². The predicted molar refractivity (Wildman–Crippen MR) is 73.7 cm³/mol. The summed E-state index contributed by atoms with van der Waals surface area (Å²) in [6.07, 6.45) is 1.02. The fraction of sp³-hybridized carbons (Fsp3) is 0.200. The second-order valence-corrected chi connectivity index (χ2v) is 4.70. The molecular weight excluding hydrogens is 238 g/mol. The number of aliphatic hydroxyl groups excluding tert-OH is 1. The molecule has 3 aromatic rings. The molecule has 0 amide bonds. The fourth-order valence-electron chi connectivity index (χ4n) is 2.25. The summed E-state index contributed by atoms with van der Waals surface area (Å²) in [4.78, 5) is 4.52. The third-order valence-corrected chi connectivity index (χ3v) is 3.24. The van der Waals surface area contributed by atoms with E-state index in [9.17, 15) is 5.11 Å². The van der Waals surface area contributed by atoms with E-state index in [0.717, 1.165) is 16.5 Å². The standard InChI is InChI=1S/C15H15N3O/c1-10-9-14(15(19)13-7-8-18(2)17-13)16-12-6-4-3-5-11(10)12/h3-9,15,19H,1-2H3. The molecule has 1 N–H and O–H groups in total. The van der Waals surface area contributed by atoms with Gasteiger partial charge in [0.1, 0.15) is 6.10 Å². The van der Waals surface area contributed by atoms with Gasteiger partial charge in [-0.25, -0.2) is 4.98 Å². The molecule has 0 aliphatic rings. The molecule has 1 unspecified atom stereocenters. The van der Waals surface area contributed by atoms with Gasteiger partial charge in [0.2, 0.25) is 0 Å². The topological polar surface area (TPSA) is 50.9 Å². The van der Waals surface area contributed by atoms with E-state index in [1.807, 2.05) is 50.5 Å². The molecule has 0 aliphatic heterocycles. The molecule has 19 heavy (non-hydrogen) atoms. The number of aromatic nitrogens is 3. The van der Waals surface area contributed by atoms with Crippen molar-refractivity contribution in [2.45, 2.75) is 13.0 Å². The molecule has 1 aromatic carbocycles. The molecule has 2 aromatic heterocycles. The van der Waals surface area contributed by atoms with Gasteiger partial charge in [0.25, 0.3) is 0 Å². The van der Waals surface area contributed by atoms with Crippen LogP contribution in [0.5, 0.6) is 0 Å². The zero-order valence-corrected chi connectivity index (χ0v) is 10.9. The van der Waals surface area contributed by atoms with Crippen LogP contribution in [-0.4, -0.2) is 19.9 Å². The van der Waals surface area contributed by atoms with E-state index in [2.05, 4.69) is 10.1 Å². The van der Waals surface area contributed by atoms with Gasteiger partial charge in [0.05, 0.1) is 16.9 Å². The lowest BCUT2D eigenvalue weighted by atomic mass is 10.1. The van der Waals surface area contributed by atoms with Crippen molar-refractivity contribution in [3.63, 3.8) is 0 Å². The third-order valence-electron chi connectivity index (χ3n) is 3.24. The maximum Gasteiger partial charge on any atom is 0.140 e. The Kier molecular flexibility index (Phi) is 2.80. The lowest BCUT2D eigenvalue weighted by molar-refractivity contribution is 0.210. The molecule has 0 saturated carbocycles. The van der Waals surface area contributed by atoms with Gasteiger partial charge in [-0.1, -0.05) is 18.2 Å². The van der Waals surface area contributed by atoms with Crippen LogP contribution >= 0.6 is 0 Å². The van der Waals surface area contributed by atoms with Crippen molar-refractivity contribution >= 4 is 10.9 Å². The Morgan fingerprint density at radius 1 is 1.16 bits per heavy atom. The Bertz CT molecular complexity index is 733. The van der Waals surface area contributed by atoms with Crippen LogP contribution in [0.1, 0.15) is 23.1 Å². The van der Waals surface area contributed by atoms with Crippen LogP contribution in [0.4, 0.5) is 0 Å². The molecule has 0 bridgehead atoms. The molecule has 96 valence electrons. The van der Waals surface area contributed by atoms with E-state index in [1.54, 1.807) is 10.7 Å². The fourth-order valence-corrected chi connectivity index (χ4v) is 2.25. The van der Waals surface area contributed by atoms with Gasteiger partial charge in [-0.3, -0.25) is 4.68 Å². The molecule has 0 spiro atoms.